The highest BCUT2D eigenvalue weighted by Crippen LogP contribution is 2.25. The van der Waals surface area contributed by atoms with Crippen LogP contribution < -0.4 is 15.4 Å². The van der Waals surface area contributed by atoms with Crippen LogP contribution in [-0.2, 0) is 16.0 Å². The van der Waals surface area contributed by atoms with E-state index in [1.165, 1.54) is 6.92 Å². The molecule has 2 heterocycles. The topological polar surface area (TPSA) is 110 Å². The first kappa shape index (κ1) is 21.0. The molecular weight excluding hydrogens is 360 g/mol. The quantitative estimate of drug-likeness (QED) is 0.817. The summed E-state index contributed by atoms with van der Waals surface area (Å²) in [7, 11) is 0. The number of Topliss-reactive ketones (excluding diaryl/α,β-unsaturated/α-hetero) is 1. The number of anilines is 1. The van der Waals surface area contributed by atoms with E-state index in [2.05, 4.69) is 20.6 Å². The molecule has 0 atom stereocenters. The number of carbonyl (C=O) groups excluding carboxylic acids is 3. The number of imide groups is 1. The SMILES string of the molecule is CC(=O)Cc1cc(Oc2ccc(NC(=O)NC(=O)C(C)(C)C)nc2C)ccn1. The van der Waals surface area contributed by atoms with Crippen LogP contribution in [-0.4, -0.2) is 27.7 Å². The highest BCUT2D eigenvalue weighted by Gasteiger charge is 2.23. The largest absolute Gasteiger partial charge is 0.455 e. The summed E-state index contributed by atoms with van der Waals surface area (Å²) in [5.74, 6) is 0.944. The Bertz CT molecular complexity index is 903. The molecule has 0 saturated heterocycles. The van der Waals surface area contributed by atoms with E-state index in [0.717, 1.165) is 0 Å². The Labute approximate surface area is 163 Å². The number of ether oxygens (including phenoxy) is 1. The van der Waals surface area contributed by atoms with Gasteiger partial charge in [-0.05, 0) is 32.0 Å². The highest BCUT2D eigenvalue weighted by molar-refractivity contribution is 6.02. The van der Waals surface area contributed by atoms with E-state index in [1.54, 1.807) is 58.2 Å². The summed E-state index contributed by atoms with van der Waals surface area (Å²) >= 11 is 0. The van der Waals surface area contributed by atoms with E-state index in [1.807, 2.05) is 0 Å². The van der Waals surface area contributed by atoms with Crippen molar-refractivity contribution in [3.63, 3.8) is 0 Å². The van der Waals surface area contributed by atoms with Gasteiger partial charge in [-0.1, -0.05) is 20.8 Å². The van der Waals surface area contributed by atoms with Gasteiger partial charge in [0.25, 0.3) is 0 Å². The summed E-state index contributed by atoms with van der Waals surface area (Å²) in [6.07, 6.45) is 1.81. The number of hydrogen-bond acceptors (Lipinski definition) is 6. The number of amides is 3. The number of rotatable bonds is 5. The number of pyridine rings is 2. The Hall–Kier alpha value is -3.29. The van der Waals surface area contributed by atoms with E-state index >= 15 is 0 Å². The van der Waals surface area contributed by atoms with Crippen molar-refractivity contribution in [3.05, 3.63) is 41.9 Å². The third kappa shape index (κ3) is 6.15. The van der Waals surface area contributed by atoms with Crippen LogP contribution in [0.25, 0.3) is 0 Å². The van der Waals surface area contributed by atoms with Crippen molar-refractivity contribution in [2.75, 3.05) is 5.32 Å². The Morgan fingerprint density at radius 2 is 1.86 bits per heavy atom. The molecule has 2 aromatic rings. The molecule has 2 N–H and O–H groups in total. The second-order valence-corrected chi connectivity index (χ2v) is 7.40. The summed E-state index contributed by atoms with van der Waals surface area (Å²) in [5, 5.41) is 4.79. The summed E-state index contributed by atoms with van der Waals surface area (Å²) < 4.78 is 5.80. The maximum absolute atomic E-state index is 11.9. The van der Waals surface area contributed by atoms with Gasteiger partial charge in [0.15, 0.2) is 0 Å². The maximum Gasteiger partial charge on any atom is 0.327 e. The second kappa shape index (κ2) is 8.60. The first-order chi connectivity index (χ1) is 13.0. The minimum atomic E-state index is -0.676. The molecule has 148 valence electrons. The van der Waals surface area contributed by atoms with Gasteiger partial charge in [0, 0.05) is 24.1 Å². The molecule has 0 saturated carbocycles. The standard InChI is InChI=1S/C20H24N4O4/c1-12(25)10-14-11-15(8-9-21-14)28-16-6-7-17(22-13(16)2)23-19(27)24-18(26)20(3,4)5/h6-9,11H,10H2,1-5H3,(H2,22,23,24,26,27). The van der Waals surface area contributed by atoms with Crippen LogP contribution in [0.2, 0.25) is 0 Å². The van der Waals surface area contributed by atoms with Crippen LogP contribution >= 0.6 is 0 Å². The van der Waals surface area contributed by atoms with Gasteiger partial charge < -0.3 is 4.74 Å². The summed E-state index contributed by atoms with van der Waals surface area (Å²) in [6.45, 7) is 8.37. The molecule has 0 aliphatic rings. The summed E-state index contributed by atoms with van der Waals surface area (Å²) in [5.41, 5.74) is 0.489. The van der Waals surface area contributed by atoms with Gasteiger partial charge in [0.2, 0.25) is 5.91 Å². The Kier molecular flexibility index (Phi) is 6.45. The van der Waals surface area contributed by atoms with Crippen LogP contribution in [0, 0.1) is 12.3 Å². The van der Waals surface area contributed by atoms with E-state index in [9.17, 15) is 14.4 Å². The smallest absolute Gasteiger partial charge is 0.327 e. The lowest BCUT2D eigenvalue weighted by molar-refractivity contribution is -0.127. The third-order valence-corrected chi connectivity index (χ3v) is 3.63. The highest BCUT2D eigenvalue weighted by atomic mass is 16.5. The Balaban J connectivity index is 2.05. The first-order valence-corrected chi connectivity index (χ1v) is 8.77. The maximum atomic E-state index is 11.9. The van der Waals surface area contributed by atoms with E-state index < -0.39 is 11.4 Å². The Morgan fingerprint density at radius 3 is 2.46 bits per heavy atom. The van der Waals surface area contributed by atoms with Crippen molar-refractivity contribution in [2.24, 2.45) is 5.41 Å². The molecule has 0 fully saturated rings. The van der Waals surface area contributed by atoms with Gasteiger partial charge in [-0.3, -0.25) is 25.2 Å². The molecule has 0 spiro atoms. The van der Waals surface area contributed by atoms with Crippen LogP contribution in [0.15, 0.2) is 30.5 Å². The zero-order valence-electron chi connectivity index (χ0n) is 16.6. The summed E-state index contributed by atoms with van der Waals surface area (Å²) in [6, 6.07) is 5.96. The lowest BCUT2D eigenvalue weighted by Gasteiger charge is -2.17. The van der Waals surface area contributed by atoms with Crippen LogP contribution in [0.3, 0.4) is 0 Å². The molecule has 0 aliphatic heterocycles. The average molecular weight is 384 g/mol. The van der Waals surface area contributed by atoms with Crippen molar-refractivity contribution in [1.82, 2.24) is 15.3 Å². The Morgan fingerprint density at radius 1 is 1.14 bits per heavy atom. The molecule has 8 heteroatoms. The fourth-order valence-electron chi connectivity index (χ4n) is 2.16. The molecule has 0 aliphatic carbocycles. The van der Waals surface area contributed by atoms with Gasteiger partial charge >= 0.3 is 6.03 Å². The van der Waals surface area contributed by atoms with Crippen molar-refractivity contribution >= 4 is 23.5 Å². The first-order valence-electron chi connectivity index (χ1n) is 8.77. The molecule has 8 nitrogen and oxygen atoms in total. The van der Waals surface area contributed by atoms with Gasteiger partial charge in [-0.2, -0.15) is 0 Å². The molecule has 3 amide bonds. The predicted molar refractivity (Wildman–Crippen MR) is 104 cm³/mol. The van der Waals surface area contributed by atoms with E-state index in [-0.39, 0.29) is 23.9 Å². The molecular formula is C20H24N4O4. The zero-order chi connectivity index (χ0) is 20.9. The normalized spacial score (nSPS) is 10.9. The molecule has 0 unspecified atom stereocenters. The average Bonchev–Trinajstić information content (AvgIpc) is 2.56. The molecule has 2 aromatic heterocycles. The fraction of sp³-hybridized carbons (Fsp3) is 0.350. The number of aromatic nitrogens is 2. The molecule has 2 rings (SSSR count). The van der Waals surface area contributed by atoms with E-state index in [0.29, 0.717) is 22.9 Å². The minimum absolute atomic E-state index is 0.0149. The third-order valence-electron chi connectivity index (χ3n) is 3.63. The van der Waals surface area contributed by atoms with Crippen LogP contribution in [0.5, 0.6) is 11.5 Å². The number of nitrogens with zero attached hydrogens (tertiary/aromatic N) is 2. The number of nitrogens with one attached hydrogen (secondary N) is 2. The van der Waals surface area contributed by atoms with Crippen molar-refractivity contribution in [1.29, 1.82) is 0 Å². The van der Waals surface area contributed by atoms with Crippen molar-refractivity contribution in [2.45, 2.75) is 41.0 Å². The monoisotopic (exact) mass is 384 g/mol. The molecule has 0 radical (unpaired) electrons. The number of ketones is 1. The summed E-state index contributed by atoms with van der Waals surface area (Å²) in [4.78, 5) is 43.4. The fourth-order valence-corrected chi connectivity index (χ4v) is 2.16. The van der Waals surface area contributed by atoms with Gasteiger partial charge in [0.1, 0.15) is 23.1 Å². The number of urea groups is 1. The zero-order valence-corrected chi connectivity index (χ0v) is 16.6. The van der Waals surface area contributed by atoms with Crippen LogP contribution in [0.1, 0.15) is 39.1 Å². The lowest BCUT2D eigenvalue weighted by Crippen LogP contribution is -2.41. The van der Waals surface area contributed by atoms with Gasteiger partial charge in [-0.15, -0.1) is 0 Å². The van der Waals surface area contributed by atoms with E-state index in [4.69, 9.17) is 4.74 Å². The number of hydrogen-bond donors (Lipinski definition) is 2. The molecule has 0 aromatic carbocycles. The molecule has 28 heavy (non-hydrogen) atoms. The van der Waals surface area contributed by atoms with Crippen molar-refractivity contribution in [3.8, 4) is 11.5 Å². The van der Waals surface area contributed by atoms with Gasteiger partial charge in [0.05, 0.1) is 11.4 Å². The lowest BCUT2D eigenvalue weighted by atomic mass is 9.96. The van der Waals surface area contributed by atoms with Crippen molar-refractivity contribution < 1.29 is 19.1 Å². The number of aryl methyl sites for hydroxylation is 1. The minimum Gasteiger partial charge on any atom is -0.455 e. The van der Waals surface area contributed by atoms with Crippen LogP contribution in [0.4, 0.5) is 10.6 Å². The number of carbonyl (C=O) groups is 3. The predicted octanol–water partition coefficient (Wildman–Crippen LogP) is 3.40. The van der Waals surface area contributed by atoms with Gasteiger partial charge in [-0.25, -0.2) is 9.78 Å². The second-order valence-electron chi connectivity index (χ2n) is 7.40. The molecule has 0 bridgehead atoms.